The van der Waals surface area contributed by atoms with Gasteiger partial charge in [-0.2, -0.15) is 0 Å². The van der Waals surface area contributed by atoms with E-state index in [4.69, 9.17) is 0 Å². The van der Waals surface area contributed by atoms with Crippen LogP contribution in [0.25, 0.3) is 0 Å². The fourth-order valence-corrected chi connectivity index (χ4v) is 2.66. The van der Waals surface area contributed by atoms with Gasteiger partial charge in [-0.3, -0.25) is 4.79 Å². The van der Waals surface area contributed by atoms with Gasteiger partial charge in [0.1, 0.15) is 5.82 Å². The molecule has 3 amide bonds. The number of likely N-dealkylation sites (tertiary alicyclic amines) is 1. The van der Waals surface area contributed by atoms with Crippen LogP contribution in [-0.2, 0) is 4.79 Å². The number of amides is 3. The molecule has 0 radical (unpaired) electrons. The smallest absolute Gasteiger partial charge is 0.321 e. The second kappa shape index (κ2) is 9.05. The van der Waals surface area contributed by atoms with Gasteiger partial charge in [-0.15, -0.1) is 6.58 Å². The van der Waals surface area contributed by atoms with Gasteiger partial charge in [0.2, 0.25) is 5.91 Å². The first-order valence-electron chi connectivity index (χ1n) is 8.27. The highest BCUT2D eigenvalue weighted by molar-refractivity contribution is 5.89. The topological polar surface area (TPSA) is 61.4 Å². The van der Waals surface area contributed by atoms with Gasteiger partial charge in [-0.1, -0.05) is 6.08 Å². The summed E-state index contributed by atoms with van der Waals surface area (Å²) in [5.41, 5.74) is 0.581. The molecule has 0 unspecified atom stereocenters. The van der Waals surface area contributed by atoms with Crippen LogP contribution in [0.5, 0.6) is 0 Å². The zero-order valence-electron chi connectivity index (χ0n) is 13.8. The lowest BCUT2D eigenvalue weighted by Gasteiger charge is -2.32. The average molecular weight is 333 g/mol. The molecule has 1 aromatic rings. The van der Waals surface area contributed by atoms with Crippen LogP contribution >= 0.6 is 0 Å². The van der Waals surface area contributed by atoms with Gasteiger partial charge in [0.15, 0.2) is 0 Å². The van der Waals surface area contributed by atoms with E-state index in [0.717, 1.165) is 12.8 Å². The molecule has 0 saturated carbocycles. The zero-order valence-corrected chi connectivity index (χ0v) is 13.8. The third kappa shape index (κ3) is 5.68. The maximum Gasteiger partial charge on any atom is 0.321 e. The molecule has 130 valence electrons. The second-order valence-electron chi connectivity index (χ2n) is 6.00. The number of urea groups is 1. The minimum atomic E-state index is -0.330. The minimum Gasteiger partial charge on any atom is -0.356 e. The molecular weight excluding hydrogens is 309 g/mol. The number of nitrogens with zero attached hydrogens (tertiary/aromatic N) is 1. The van der Waals surface area contributed by atoms with Crippen molar-refractivity contribution in [3.05, 3.63) is 42.7 Å². The van der Waals surface area contributed by atoms with Crippen molar-refractivity contribution < 1.29 is 14.0 Å². The molecule has 1 aliphatic heterocycles. The number of halogens is 1. The van der Waals surface area contributed by atoms with Crippen LogP contribution < -0.4 is 10.6 Å². The Morgan fingerprint density at radius 3 is 2.54 bits per heavy atom. The first-order chi connectivity index (χ1) is 11.6. The lowest BCUT2D eigenvalue weighted by atomic mass is 9.97. The molecule has 0 atom stereocenters. The van der Waals surface area contributed by atoms with E-state index in [2.05, 4.69) is 17.2 Å². The van der Waals surface area contributed by atoms with Crippen molar-refractivity contribution in [2.45, 2.75) is 25.7 Å². The van der Waals surface area contributed by atoms with Crippen LogP contribution in [-0.4, -0.2) is 36.5 Å². The van der Waals surface area contributed by atoms with Crippen molar-refractivity contribution in [3.63, 3.8) is 0 Å². The molecule has 2 N–H and O–H groups in total. The van der Waals surface area contributed by atoms with E-state index in [1.165, 1.54) is 12.1 Å². The van der Waals surface area contributed by atoms with Crippen LogP contribution in [0.2, 0.25) is 0 Å². The number of rotatable bonds is 6. The van der Waals surface area contributed by atoms with Crippen molar-refractivity contribution in [2.24, 2.45) is 5.92 Å². The number of piperidine rings is 1. The molecule has 1 saturated heterocycles. The molecule has 24 heavy (non-hydrogen) atoms. The molecule has 1 aromatic carbocycles. The largest absolute Gasteiger partial charge is 0.356 e. The fraction of sp³-hybridized carbons (Fsp3) is 0.444. The molecule has 1 aliphatic rings. The summed E-state index contributed by atoms with van der Waals surface area (Å²) < 4.78 is 12.9. The lowest BCUT2D eigenvalue weighted by Crippen LogP contribution is -2.43. The van der Waals surface area contributed by atoms with Crippen molar-refractivity contribution in [2.75, 3.05) is 25.0 Å². The van der Waals surface area contributed by atoms with E-state index < -0.39 is 0 Å². The summed E-state index contributed by atoms with van der Waals surface area (Å²) in [7, 11) is 0. The van der Waals surface area contributed by atoms with Crippen LogP contribution in [0, 0.1) is 11.7 Å². The van der Waals surface area contributed by atoms with Crippen LogP contribution in [0.3, 0.4) is 0 Å². The summed E-state index contributed by atoms with van der Waals surface area (Å²) in [5, 5.41) is 5.70. The van der Waals surface area contributed by atoms with Crippen LogP contribution in [0.15, 0.2) is 36.9 Å². The predicted octanol–water partition coefficient (Wildman–Crippen LogP) is 3.15. The normalized spacial score (nSPS) is 15.0. The highest BCUT2D eigenvalue weighted by Gasteiger charge is 2.23. The predicted molar refractivity (Wildman–Crippen MR) is 92.2 cm³/mol. The first kappa shape index (κ1) is 18.0. The quantitative estimate of drug-likeness (QED) is 0.786. The summed E-state index contributed by atoms with van der Waals surface area (Å²) >= 11 is 0. The lowest BCUT2D eigenvalue weighted by molar-refractivity contribution is -0.121. The number of nitrogens with one attached hydrogen (secondary N) is 2. The van der Waals surface area contributed by atoms with E-state index in [1.807, 2.05) is 0 Å². The summed E-state index contributed by atoms with van der Waals surface area (Å²) in [6.07, 6.45) is 4.62. The van der Waals surface area contributed by atoms with Crippen molar-refractivity contribution >= 4 is 17.6 Å². The molecule has 0 spiro atoms. The molecule has 1 heterocycles. The third-order valence-corrected chi connectivity index (χ3v) is 4.16. The average Bonchev–Trinajstić information content (AvgIpc) is 2.60. The van der Waals surface area contributed by atoms with Crippen LogP contribution in [0.4, 0.5) is 14.9 Å². The monoisotopic (exact) mass is 333 g/mol. The number of anilines is 1. The number of carbonyl (C=O) groups excluding carboxylic acids is 2. The summed E-state index contributed by atoms with van der Waals surface area (Å²) in [4.78, 5) is 25.5. The Morgan fingerprint density at radius 2 is 1.92 bits per heavy atom. The standard InChI is InChI=1S/C18H24FN3O2/c1-2-3-4-17(23)20-13-14-9-11-22(12-10-14)18(24)21-16-7-5-15(19)6-8-16/h2,5-8,14H,1,3-4,9-13H2,(H,20,23)(H,21,24). The third-order valence-electron chi connectivity index (χ3n) is 4.16. The molecule has 0 aliphatic carbocycles. The molecule has 0 bridgehead atoms. The van der Waals surface area contributed by atoms with Gasteiger partial charge in [0.25, 0.3) is 0 Å². The molecule has 5 nitrogen and oxygen atoms in total. The van der Waals surface area contributed by atoms with E-state index in [0.29, 0.717) is 44.1 Å². The Morgan fingerprint density at radius 1 is 1.25 bits per heavy atom. The Bertz CT molecular complexity index is 566. The Balaban J connectivity index is 1.70. The molecule has 1 fully saturated rings. The van der Waals surface area contributed by atoms with Crippen LogP contribution in [0.1, 0.15) is 25.7 Å². The number of benzene rings is 1. The highest BCUT2D eigenvalue weighted by Crippen LogP contribution is 2.18. The maximum absolute atomic E-state index is 12.9. The van der Waals surface area contributed by atoms with Gasteiger partial charge < -0.3 is 15.5 Å². The van der Waals surface area contributed by atoms with Gasteiger partial charge in [0.05, 0.1) is 0 Å². The summed E-state index contributed by atoms with van der Waals surface area (Å²) in [6, 6.07) is 5.54. The van der Waals surface area contributed by atoms with Crippen molar-refractivity contribution in [1.29, 1.82) is 0 Å². The number of carbonyl (C=O) groups is 2. The summed E-state index contributed by atoms with van der Waals surface area (Å²) in [6.45, 7) is 5.56. The second-order valence-corrected chi connectivity index (χ2v) is 6.00. The van der Waals surface area contributed by atoms with Gasteiger partial charge in [-0.25, -0.2) is 9.18 Å². The Hall–Kier alpha value is -2.37. The molecule has 6 heteroatoms. The number of allylic oxidation sites excluding steroid dienone is 1. The molecule has 0 aromatic heterocycles. The van der Waals surface area contributed by atoms with E-state index in [-0.39, 0.29) is 17.8 Å². The van der Waals surface area contributed by atoms with E-state index in [9.17, 15) is 14.0 Å². The number of hydrogen-bond donors (Lipinski definition) is 2. The minimum absolute atomic E-state index is 0.0476. The SMILES string of the molecule is C=CCCC(=O)NCC1CCN(C(=O)Nc2ccc(F)cc2)CC1. The highest BCUT2D eigenvalue weighted by atomic mass is 19.1. The van der Waals surface area contributed by atoms with Crippen molar-refractivity contribution in [1.82, 2.24) is 10.2 Å². The Kier molecular flexibility index (Phi) is 6.78. The maximum atomic E-state index is 12.9. The zero-order chi connectivity index (χ0) is 17.4. The van der Waals surface area contributed by atoms with E-state index in [1.54, 1.807) is 23.1 Å². The first-order valence-corrected chi connectivity index (χ1v) is 8.27. The van der Waals surface area contributed by atoms with Gasteiger partial charge in [0, 0.05) is 31.7 Å². The summed E-state index contributed by atoms with van der Waals surface area (Å²) in [5.74, 6) is 0.114. The molecule has 2 rings (SSSR count). The van der Waals surface area contributed by atoms with Gasteiger partial charge in [-0.05, 0) is 49.4 Å². The Labute approximate surface area is 141 Å². The van der Waals surface area contributed by atoms with Gasteiger partial charge >= 0.3 is 6.03 Å². The van der Waals surface area contributed by atoms with Crippen molar-refractivity contribution in [3.8, 4) is 0 Å². The fourth-order valence-electron chi connectivity index (χ4n) is 2.66. The molecular formula is C18H24FN3O2. The number of hydrogen-bond acceptors (Lipinski definition) is 2. The van der Waals surface area contributed by atoms with E-state index >= 15 is 0 Å².